The molecule has 0 radical (unpaired) electrons. The molecule has 0 atom stereocenters. The normalized spacial score (nSPS) is 11.4. The summed E-state index contributed by atoms with van der Waals surface area (Å²) >= 11 is 0. The molecule has 2 heterocycles. The molecule has 6 heteroatoms. The highest BCUT2D eigenvalue weighted by Crippen LogP contribution is 2.20. The fraction of sp³-hybridized carbons (Fsp3) is 0.158. The largest absolute Gasteiger partial charge is 0.264 e. The van der Waals surface area contributed by atoms with Crippen LogP contribution in [0.2, 0.25) is 0 Å². The Morgan fingerprint density at radius 3 is 2.48 bits per heavy atom. The molecule has 0 aliphatic heterocycles. The number of benzene rings is 1. The number of nitrogens with zero attached hydrogens (tertiary/aromatic N) is 2. The molecule has 0 bridgehead atoms. The molecule has 3 rings (SSSR count). The van der Waals surface area contributed by atoms with E-state index in [1.165, 1.54) is 0 Å². The Morgan fingerprint density at radius 2 is 1.72 bits per heavy atom. The van der Waals surface area contributed by atoms with Gasteiger partial charge in [-0.05, 0) is 35.7 Å². The highest BCUT2D eigenvalue weighted by Gasteiger charge is 2.13. The van der Waals surface area contributed by atoms with Gasteiger partial charge in [-0.2, -0.15) is 0 Å². The van der Waals surface area contributed by atoms with Gasteiger partial charge in [0.1, 0.15) is 0 Å². The summed E-state index contributed by atoms with van der Waals surface area (Å²) in [5.41, 5.74) is 3.42. The SMILES string of the molecule is O=S(=O)(CCc1ccccc1)NCc1cccnc1-c1cccnc1. The van der Waals surface area contributed by atoms with E-state index in [2.05, 4.69) is 14.7 Å². The van der Waals surface area contributed by atoms with Crippen molar-refractivity contribution >= 4 is 10.0 Å². The van der Waals surface area contributed by atoms with Gasteiger partial charge in [-0.3, -0.25) is 9.97 Å². The summed E-state index contributed by atoms with van der Waals surface area (Å²) in [5, 5.41) is 0. The van der Waals surface area contributed by atoms with Crippen LogP contribution in [0.1, 0.15) is 11.1 Å². The van der Waals surface area contributed by atoms with E-state index in [1.54, 1.807) is 24.7 Å². The molecule has 25 heavy (non-hydrogen) atoms. The minimum Gasteiger partial charge on any atom is -0.264 e. The second-order valence-electron chi connectivity index (χ2n) is 5.63. The topological polar surface area (TPSA) is 72.0 Å². The molecule has 0 saturated carbocycles. The smallest absolute Gasteiger partial charge is 0.212 e. The van der Waals surface area contributed by atoms with Crippen LogP contribution in [-0.2, 0) is 23.0 Å². The second kappa shape index (κ2) is 8.00. The number of pyridine rings is 2. The van der Waals surface area contributed by atoms with Crippen LogP contribution in [0.15, 0.2) is 73.2 Å². The van der Waals surface area contributed by atoms with Crippen molar-refractivity contribution in [2.24, 2.45) is 0 Å². The number of aryl methyl sites for hydroxylation is 1. The van der Waals surface area contributed by atoms with Gasteiger partial charge < -0.3 is 0 Å². The third-order valence-electron chi connectivity index (χ3n) is 3.81. The maximum Gasteiger partial charge on any atom is 0.212 e. The molecule has 0 fully saturated rings. The fourth-order valence-corrected chi connectivity index (χ4v) is 3.52. The molecule has 0 unspecified atom stereocenters. The predicted octanol–water partition coefficient (Wildman–Crippen LogP) is 2.81. The van der Waals surface area contributed by atoms with Gasteiger partial charge in [-0.25, -0.2) is 13.1 Å². The lowest BCUT2D eigenvalue weighted by Crippen LogP contribution is -2.27. The van der Waals surface area contributed by atoms with E-state index >= 15 is 0 Å². The summed E-state index contributed by atoms with van der Waals surface area (Å²) in [4.78, 5) is 8.46. The monoisotopic (exact) mass is 353 g/mol. The summed E-state index contributed by atoms with van der Waals surface area (Å²) in [5.74, 6) is 0.0551. The van der Waals surface area contributed by atoms with Gasteiger partial charge in [0, 0.05) is 30.7 Å². The van der Waals surface area contributed by atoms with Crippen LogP contribution in [0, 0.1) is 0 Å². The molecule has 0 spiro atoms. The number of sulfonamides is 1. The summed E-state index contributed by atoms with van der Waals surface area (Å²) in [7, 11) is -3.37. The molecule has 128 valence electrons. The Kier molecular flexibility index (Phi) is 5.53. The first-order valence-electron chi connectivity index (χ1n) is 8.00. The molecule has 1 aromatic carbocycles. The van der Waals surface area contributed by atoms with Gasteiger partial charge in [0.25, 0.3) is 0 Å². The van der Waals surface area contributed by atoms with Gasteiger partial charge in [0.05, 0.1) is 11.4 Å². The van der Waals surface area contributed by atoms with E-state index in [-0.39, 0.29) is 12.3 Å². The van der Waals surface area contributed by atoms with Crippen molar-refractivity contribution in [3.8, 4) is 11.3 Å². The molecule has 2 aromatic heterocycles. The molecule has 1 N–H and O–H groups in total. The lowest BCUT2D eigenvalue weighted by Gasteiger charge is -2.10. The van der Waals surface area contributed by atoms with Crippen LogP contribution < -0.4 is 4.72 Å². The number of hydrogen-bond donors (Lipinski definition) is 1. The zero-order chi connectivity index (χ0) is 17.5. The highest BCUT2D eigenvalue weighted by atomic mass is 32.2. The third kappa shape index (κ3) is 4.95. The van der Waals surface area contributed by atoms with Crippen molar-refractivity contribution in [3.63, 3.8) is 0 Å². The lowest BCUT2D eigenvalue weighted by atomic mass is 10.1. The molecule has 5 nitrogen and oxygen atoms in total. The van der Waals surface area contributed by atoms with Crippen LogP contribution in [0.5, 0.6) is 0 Å². The van der Waals surface area contributed by atoms with Gasteiger partial charge in [-0.1, -0.05) is 36.4 Å². The van der Waals surface area contributed by atoms with E-state index in [0.717, 1.165) is 22.4 Å². The van der Waals surface area contributed by atoms with Crippen molar-refractivity contribution in [1.29, 1.82) is 0 Å². The number of aromatic nitrogens is 2. The van der Waals surface area contributed by atoms with Gasteiger partial charge >= 0.3 is 0 Å². The Balaban J connectivity index is 1.67. The van der Waals surface area contributed by atoms with Crippen molar-refractivity contribution in [1.82, 2.24) is 14.7 Å². The molecular formula is C19H19N3O2S. The summed E-state index contributed by atoms with van der Waals surface area (Å²) in [6.45, 7) is 0.204. The standard InChI is InChI=1S/C19H19N3O2S/c23-25(24,13-10-16-6-2-1-3-7-16)22-15-18-9-5-12-21-19(18)17-8-4-11-20-14-17/h1-9,11-12,14,22H,10,13,15H2. The van der Waals surface area contributed by atoms with Crippen LogP contribution in [0.25, 0.3) is 11.3 Å². The van der Waals surface area contributed by atoms with E-state index < -0.39 is 10.0 Å². The maximum absolute atomic E-state index is 12.3. The number of nitrogens with one attached hydrogen (secondary N) is 1. The van der Waals surface area contributed by atoms with Gasteiger partial charge in [0.15, 0.2) is 0 Å². The van der Waals surface area contributed by atoms with Crippen molar-refractivity contribution in [2.45, 2.75) is 13.0 Å². The zero-order valence-electron chi connectivity index (χ0n) is 13.7. The van der Waals surface area contributed by atoms with Crippen molar-refractivity contribution < 1.29 is 8.42 Å². The minimum absolute atomic E-state index is 0.0551. The first-order valence-corrected chi connectivity index (χ1v) is 9.65. The fourth-order valence-electron chi connectivity index (χ4n) is 2.50. The van der Waals surface area contributed by atoms with E-state index in [4.69, 9.17) is 0 Å². The average Bonchev–Trinajstić information content (AvgIpc) is 2.67. The Hall–Kier alpha value is -2.57. The average molecular weight is 353 g/mol. The molecule has 0 saturated heterocycles. The molecule has 0 amide bonds. The van der Waals surface area contributed by atoms with E-state index in [1.807, 2.05) is 48.5 Å². The molecule has 0 aliphatic carbocycles. The maximum atomic E-state index is 12.3. The van der Waals surface area contributed by atoms with Gasteiger partial charge in [-0.15, -0.1) is 0 Å². The van der Waals surface area contributed by atoms with Crippen LogP contribution in [0.3, 0.4) is 0 Å². The number of hydrogen-bond acceptors (Lipinski definition) is 4. The van der Waals surface area contributed by atoms with Crippen LogP contribution in [-0.4, -0.2) is 24.1 Å². The zero-order valence-corrected chi connectivity index (χ0v) is 14.5. The quantitative estimate of drug-likeness (QED) is 0.709. The van der Waals surface area contributed by atoms with Crippen molar-refractivity contribution in [3.05, 3.63) is 84.3 Å². The lowest BCUT2D eigenvalue weighted by molar-refractivity contribution is 0.580. The highest BCUT2D eigenvalue weighted by molar-refractivity contribution is 7.89. The van der Waals surface area contributed by atoms with Crippen molar-refractivity contribution in [2.75, 3.05) is 5.75 Å². The molecule has 0 aliphatic rings. The predicted molar refractivity (Wildman–Crippen MR) is 98.2 cm³/mol. The Bertz CT molecular complexity index is 914. The molecular weight excluding hydrogens is 334 g/mol. The summed E-state index contributed by atoms with van der Waals surface area (Å²) in [6.07, 6.45) is 5.59. The Labute approximate surface area is 147 Å². The van der Waals surface area contributed by atoms with Crippen LogP contribution >= 0.6 is 0 Å². The van der Waals surface area contributed by atoms with E-state index in [0.29, 0.717) is 6.42 Å². The Morgan fingerprint density at radius 1 is 0.920 bits per heavy atom. The summed E-state index contributed by atoms with van der Waals surface area (Å²) < 4.78 is 27.2. The first-order chi connectivity index (χ1) is 12.1. The number of rotatable bonds is 7. The first kappa shape index (κ1) is 17.3. The van der Waals surface area contributed by atoms with Crippen LogP contribution in [0.4, 0.5) is 0 Å². The van der Waals surface area contributed by atoms with Gasteiger partial charge in [0.2, 0.25) is 10.0 Å². The second-order valence-corrected chi connectivity index (χ2v) is 7.55. The molecule has 3 aromatic rings. The summed E-state index contributed by atoms with van der Waals surface area (Å²) in [6, 6.07) is 17.0. The van der Waals surface area contributed by atoms with E-state index in [9.17, 15) is 8.42 Å². The minimum atomic E-state index is -3.37. The third-order valence-corrected chi connectivity index (χ3v) is 5.14.